The molecule has 2 saturated heterocycles. The molecule has 0 amide bonds. The Balaban J connectivity index is 1.34. The first kappa shape index (κ1) is 17.1. The van der Waals surface area contributed by atoms with Crippen molar-refractivity contribution in [1.29, 1.82) is 0 Å². The highest BCUT2D eigenvalue weighted by Crippen LogP contribution is 2.25. The van der Waals surface area contributed by atoms with E-state index in [9.17, 15) is 0 Å². The number of nitrogens with zero attached hydrogens (tertiary/aromatic N) is 8. The van der Waals surface area contributed by atoms with Gasteiger partial charge in [-0.2, -0.15) is 4.98 Å². The van der Waals surface area contributed by atoms with E-state index in [2.05, 4.69) is 29.7 Å². The average Bonchev–Trinajstić information content (AvgIpc) is 3.28. The fraction of sp³-hybridized carbons (Fsp3) is 0.450. The number of fused-ring (bicyclic) bond motifs is 1. The molecule has 5 rings (SSSR count). The molecule has 0 aliphatic carbocycles. The fourth-order valence-electron chi connectivity index (χ4n) is 4.05. The average molecular weight is 376 g/mol. The van der Waals surface area contributed by atoms with E-state index in [0.29, 0.717) is 0 Å². The molecule has 3 aromatic rings. The number of aromatic nitrogens is 5. The second-order valence-electron chi connectivity index (χ2n) is 7.37. The van der Waals surface area contributed by atoms with Crippen LogP contribution in [0.5, 0.6) is 0 Å². The van der Waals surface area contributed by atoms with Crippen LogP contribution in [0.3, 0.4) is 0 Å². The molecule has 0 spiro atoms. The third kappa shape index (κ3) is 3.19. The van der Waals surface area contributed by atoms with Crippen molar-refractivity contribution < 1.29 is 0 Å². The van der Waals surface area contributed by atoms with Gasteiger partial charge < -0.3 is 14.7 Å². The molecule has 3 aromatic heterocycles. The van der Waals surface area contributed by atoms with Crippen molar-refractivity contribution in [2.24, 2.45) is 0 Å². The third-order valence-corrected chi connectivity index (χ3v) is 5.51. The van der Waals surface area contributed by atoms with Crippen LogP contribution in [0, 0.1) is 6.92 Å². The van der Waals surface area contributed by atoms with Gasteiger partial charge in [0.2, 0.25) is 5.95 Å². The fourth-order valence-corrected chi connectivity index (χ4v) is 4.05. The maximum absolute atomic E-state index is 4.83. The van der Waals surface area contributed by atoms with E-state index in [4.69, 9.17) is 9.97 Å². The minimum absolute atomic E-state index is 0.781. The van der Waals surface area contributed by atoms with Gasteiger partial charge in [0.15, 0.2) is 0 Å². The van der Waals surface area contributed by atoms with E-state index >= 15 is 0 Å². The molecule has 0 bridgehead atoms. The van der Waals surface area contributed by atoms with Crippen LogP contribution >= 0.6 is 0 Å². The minimum atomic E-state index is 0.781. The van der Waals surface area contributed by atoms with Crippen LogP contribution in [0.4, 0.5) is 17.6 Å². The van der Waals surface area contributed by atoms with Crippen molar-refractivity contribution in [3.05, 3.63) is 36.5 Å². The molecular weight excluding hydrogens is 352 g/mol. The molecule has 0 N–H and O–H groups in total. The van der Waals surface area contributed by atoms with E-state index in [1.54, 1.807) is 0 Å². The molecule has 144 valence electrons. The van der Waals surface area contributed by atoms with Crippen LogP contribution < -0.4 is 14.7 Å². The van der Waals surface area contributed by atoms with Gasteiger partial charge in [-0.15, -0.1) is 0 Å². The van der Waals surface area contributed by atoms with Gasteiger partial charge in [-0.3, -0.25) is 4.98 Å². The lowest BCUT2D eigenvalue weighted by molar-refractivity contribution is 0.641. The van der Waals surface area contributed by atoms with Crippen LogP contribution in [-0.2, 0) is 0 Å². The minimum Gasteiger partial charge on any atom is -0.353 e. The van der Waals surface area contributed by atoms with Crippen LogP contribution in [0.1, 0.15) is 18.7 Å². The molecule has 28 heavy (non-hydrogen) atoms. The number of rotatable bonds is 3. The zero-order valence-corrected chi connectivity index (χ0v) is 16.1. The smallest absolute Gasteiger partial charge is 0.227 e. The molecule has 5 heterocycles. The summed E-state index contributed by atoms with van der Waals surface area (Å²) in [5.41, 5.74) is 0.901. The van der Waals surface area contributed by atoms with E-state index in [-0.39, 0.29) is 0 Å². The first-order valence-electron chi connectivity index (χ1n) is 9.94. The highest BCUT2D eigenvalue weighted by Gasteiger charge is 2.22. The van der Waals surface area contributed by atoms with Crippen LogP contribution in [0.2, 0.25) is 0 Å². The van der Waals surface area contributed by atoms with Gasteiger partial charge in [0.25, 0.3) is 0 Å². The lowest BCUT2D eigenvalue weighted by atomic mass is 10.2. The van der Waals surface area contributed by atoms with E-state index in [0.717, 1.165) is 73.6 Å². The second kappa shape index (κ2) is 7.18. The van der Waals surface area contributed by atoms with Gasteiger partial charge in [0.05, 0.1) is 11.7 Å². The Hall–Kier alpha value is -3.03. The molecule has 0 aromatic carbocycles. The van der Waals surface area contributed by atoms with Crippen LogP contribution in [0.15, 0.2) is 30.7 Å². The van der Waals surface area contributed by atoms with Gasteiger partial charge in [-0.25, -0.2) is 15.0 Å². The number of pyridine rings is 1. The number of hydrogen-bond acceptors (Lipinski definition) is 8. The molecule has 2 aliphatic rings. The van der Waals surface area contributed by atoms with Crippen molar-refractivity contribution >= 4 is 28.5 Å². The van der Waals surface area contributed by atoms with E-state index < -0.39 is 0 Å². The second-order valence-corrected chi connectivity index (χ2v) is 7.37. The highest BCUT2D eigenvalue weighted by molar-refractivity contribution is 5.88. The maximum Gasteiger partial charge on any atom is 0.227 e. The lowest BCUT2D eigenvalue weighted by Crippen LogP contribution is -2.47. The van der Waals surface area contributed by atoms with Gasteiger partial charge in [0.1, 0.15) is 17.5 Å². The zero-order chi connectivity index (χ0) is 18.9. The Kier molecular flexibility index (Phi) is 4.38. The quantitative estimate of drug-likeness (QED) is 0.688. The monoisotopic (exact) mass is 376 g/mol. The van der Waals surface area contributed by atoms with E-state index in [1.165, 1.54) is 12.8 Å². The van der Waals surface area contributed by atoms with Crippen molar-refractivity contribution in [3.8, 4) is 0 Å². The highest BCUT2D eigenvalue weighted by atomic mass is 15.3. The third-order valence-electron chi connectivity index (χ3n) is 5.51. The first-order valence-corrected chi connectivity index (χ1v) is 9.94. The summed E-state index contributed by atoms with van der Waals surface area (Å²) in [5.74, 6) is 3.67. The SMILES string of the molecule is Cc1nc(N2CCN(c3ccnc(N4CCCC4)n3)CC2)c2ccncc2n1. The Bertz CT molecular complexity index is 977. The number of hydrogen-bond donors (Lipinski definition) is 0. The zero-order valence-electron chi connectivity index (χ0n) is 16.1. The van der Waals surface area contributed by atoms with Crippen LogP contribution in [-0.4, -0.2) is 64.2 Å². The van der Waals surface area contributed by atoms with Gasteiger partial charge in [-0.05, 0) is 31.9 Å². The summed E-state index contributed by atoms with van der Waals surface area (Å²) in [7, 11) is 0. The Morgan fingerprint density at radius 3 is 2.39 bits per heavy atom. The topological polar surface area (TPSA) is 74.2 Å². The Labute approximate surface area is 164 Å². The Morgan fingerprint density at radius 2 is 1.57 bits per heavy atom. The van der Waals surface area contributed by atoms with Gasteiger partial charge >= 0.3 is 0 Å². The summed E-state index contributed by atoms with van der Waals surface area (Å²) in [6.45, 7) is 7.68. The summed E-state index contributed by atoms with van der Waals surface area (Å²) >= 11 is 0. The summed E-state index contributed by atoms with van der Waals surface area (Å²) in [6.07, 6.45) is 7.96. The van der Waals surface area contributed by atoms with Gasteiger partial charge in [-0.1, -0.05) is 0 Å². The standard InChI is InChI=1S/C20H24N8/c1-15-23-17-14-21-6-4-16(17)19(24-15)27-12-10-26(11-13-27)18-5-7-22-20(25-18)28-8-2-3-9-28/h4-7,14H,2-3,8-13H2,1H3. The van der Waals surface area contributed by atoms with Crippen molar-refractivity contribution in [2.75, 3.05) is 54.0 Å². The molecule has 2 aliphatic heterocycles. The molecule has 8 nitrogen and oxygen atoms in total. The number of anilines is 3. The largest absolute Gasteiger partial charge is 0.353 e. The summed E-state index contributed by atoms with van der Waals surface area (Å²) in [5, 5.41) is 1.06. The van der Waals surface area contributed by atoms with E-state index in [1.807, 2.05) is 37.6 Å². The molecule has 2 fully saturated rings. The molecular formula is C20H24N8. The Morgan fingerprint density at radius 1 is 0.786 bits per heavy atom. The predicted molar refractivity (Wildman–Crippen MR) is 110 cm³/mol. The summed E-state index contributed by atoms with van der Waals surface area (Å²) < 4.78 is 0. The summed E-state index contributed by atoms with van der Waals surface area (Å²) in [6, 6.07) is 4.02. The normalized spacial score (nSPS) is 17.5. The molecule has 0 radical (unpaired) electrons. The number of aryl methyl sites for hydroxylation is 1. The molecule has 0 saturated carbocycles. The van der Waals surface area contributed by atoms with Gasteiger partial charge in [0, 0.05) is 57.0 Å². The number of piperazine rings is 1. The van der Waals surface area contributed by atoms with Crippen molar-refractivity contribution in [2.45, 2.75) is 19.8 Å². The molecule has 0 atom stereocenters. The first-order chi connectivity index (χ1) is 13.8. The maximum atomic E-state index is 4.83. The lowest BCUT2D eigenvalue weighted by Gasteiger charge is -2.36. The molecule has 0 unspecified atom stereocenters. The predicted octanol–water partition coefficient (Wildman–Crippen LogP) is 2.05. The van der Waals surface area contributed by atoms with Crippen LogP contribution in [0.25, 0.3) is 10.9 Å². The molecule has 8 heteroatoms. The van der Waals surface area contributed by atoms with Crippen molar-refractivity contribution in [1.82, 2.24) is 24.9 Å². The van der Waals surface area contributed by atoms with Crippen molar-refractivity contribution in [3.63, 3.8) is 0 Å². The summed E-state index contributed by atoms with van der Waals surface area (Å²) in [4.78, 5) is 29.7.